The minimum Gasteiger partial charge on any atom is -0.508 e. The van der Waals surface area contributed by atoms with E-state index in [1.54, 1.807) is 30.3 Å². The minimum absolute atomic E-state index is 0.176. The molecule has 5 rings (SSSR count). The molecule has 1 saturated heterocycles. The second kappa shape index (κ2) is 12.7. The molecule has 40 heavy (non-hydrogen) atoms. The highest BCUT2D eigenvalue weighted by molar-refractivity contribution is 6.31. The molecule has 2 aliphatic rings. The second-order valence-electron chi connectivity index (χ2n) is 9.83. The Morgan fingerprint density at radius 1 is 1.02 bits per heavy atom. The van der Waals surface area contributed by atoms with Crippen LogP contribution in [-0.4, -0.2) is 64.9 Å². The molecular formula is C31H32FNO7. The molecule has 1 fully saturated rings. The number of benzene rings is 3. The summed E-state index contributed by atoms with van der Waals surface area (Å²) in [5, 5.41) is 27.8. The average Bonchev–Trinajstić information content (AvgIpc) is 2.91. The molecule has 0 amide bonds. The van der Waals surface area contributed by atoms with Gasteiger partial charge in [-0.15, -0.1) is 0 Å². The third-order valence-electron chi connectivity index (χ3n) is 6.85. The summed E-state index contributed by atoms with van der Waals surface area (Å²) in [5.41, 5.74) is 4.56. The number of likely N-dealkylation sites (tertiary alicyclic amines) is 1. The maximum Gasteiger partial charge on any atom is 0.371 e. The molecule has 2 aliphatic heterocycles. The lowest BCUT2D eigenvalue weighted by atomic mass is 9.86. The Hall–Kier alpha value is -4.37. The summed E-state index contributed by atoms with van der Waals surface area (Å²) in [5.74, 6) is -0.193. The van der Waals surface area contributed by atoms with E-state index in [0.29, 0.717) is 12.4 Å². The molecule has 0 radical (unpaired) electrons. The third-order valence-corrected chi connectivity index (χ3v) is 6.85. The molecule has 0 spiro atoms. The van der Waals surface area contributed by atoms with Crippen LogP contribution in [0.4, 0.5) is 4.39 Å². The van der Waals surface area contributed by atoms with E-state index < -0.39 is 11.8 Å². The maximum atomic E-state index is 12.6. The monoisotopic (exact) mass is 549 g/mol. The lowest BCUT2D eigenvalue weighted by Gasteiger charge is -2.37. The van der Waals surface area contributed by atoms with Crippen molar-refractivity contribution in [3.63, 3.8) is 0 Å². The summed E-state index contributed by atoms with van der Waals surface area (Å²) < 4.78 is 24.9. The first-order valence-electron chi connectivity index (χ1n) is 12.9. The molecule has 210 valence electrons. The van der Waals surface area contributed by atoms with Crippen molar-refractivity contribution < 1.29 is 38.8 Å². The topological polar surface area (TPSA) is 117 Å². The highest BCUT2D eigenvalue weighted by atomic mass is 19.1. The van der Waals surface area contributed by atoms with Gasteiger partial charge in [0.2, 0.25) is 5.78 Å². The standard InChI is InChI=1S/C28H28FNO4.C3H4O3/c1-18-25-14-23(32)7-10-26(25)34-28(27(18)21-3-2-4-22(31)13-21)20-5-8-24(9-6-20)33-12-11-30-16-19(15-29)17-30;1-2(4)3(5)6/h2-10,13-14,19,28,31-32H,11-12,15-17H2,1H3;1H3,(H,5,6)/t28-;/m1./s1. The number of alkyl halides is 1. The number of carbonyl (C=O) groups is 2. The van der Waals surface area contributed by atoms with Gasteiger partial charge in [-0.3, -0.25) is 14.1 Å². The van der Waals surface area contributed by atoms with E-state index in [1.165, 1.54) is 0 Å². The van der Waals surface area contributed by atoms with Gasteiger partial charge in [-0.25, -0.2) is 4.79 Å². The van der Waals surface area contributed by atoms with Gasteiger partial charge in [0.05, 0.1) is 6.67 Å². The predicted octanol–water partition coefficient (Wildman–Crippen LogP) is 5.10. The van der Waals surface area contributed by atoms with Crippen LogP contribution in [0.15, 0.2) is 66.7 Å². The van der Waals surface area contributed by atoms with Crippen molar-refractivity contribution in [2.75, 3.05) is 32.9 Å². The quantitative estimate of drug-likeness (QED) is 0.332. The molecule has 0 aliphatic carbocycles. The second-order valence-corrected chi connectivity index (χ2v) is 9.83. The van der Waals surface area contributed by atoms with E-state index in [0.717, 1.165) is 60.1 Å². The van der Waals surface area contributed by atoms with E-state index in [2.05, 4.69) is 4.90 Å². The number of nitrogens with zero attached hydrogens (tertiary/aromatic N) is 1. The normalized spacial score (nSPS) is 16.6. The van der Waals surface area contributed by atoms with Gasteiger partial charge in [-0.05, 0) is 66.1 Å². The number of aromatic hydroxyl groups is 2. The summed E-state index contributed by atoms with van der Waals surface area (Å²) >= 11 is 0. The summed E-state index contributed by atoms with van der Waals surface area (Å²) in [6, 6.07) is 20.1. The van der Waals surface area contributed by atoms with Gasteiger partial charge in [-0.2, -0.15) is 0 Å². The number of carbonyl (C=O) groups excluding carboxylic acids is 1. The van der Waals surface area contributed by atoms with Crippen LogP contribution in [0.25, 0.3) is 11.1 Å². The fourth-order valence-electron chi connectivity index (χ4n) is 4.71. The Kier molecular flexibility index (Phi) is 9.06. The van der Waals surface area contributed by atoms with E-state index in [9.17, 15) is 24.2 Å². The number of fused-ring (bicyclic) bond motifs is 1. The molecule has 3 aromatic carbocycles. The zero-order chi connectivity index (χ0) is 28.8. The predicted molar refractivity (Wildman–Crippen MR) is 148 cm³/mol. The van der Waals surface area contributed by atoms with Gasteiger partial charge < -0.3 is 24.8 Å². The maximum absolute atomic E-state index is 12.6. The number of carboxylic acid groups (broad SMARTS) is 1. The summed E-state index contributed by atoms with van der Waals surface area (Å²) in [4.78, 5) is 21.1. The number of phenols is 2. The van der Waals surface area contributed by atoms with Gasteiger partial charge in [-0.1, -0.05) is 24.3 Å². The fraction of sp³-hybridized carbons (Fsp3) is 0.290. The Morgan fingerprint density at radius 3 is 2.33 bits per heavy atom. The van der Waals surface area contributed by atoms with Gasteiger partial charge in [0.15, 0.2) is 0 Å². The van der Waals surface area contributed by atoms with Gasteiger partial charge >= 0.3 is 5.97 Å². The first-order valence-corrected chi connectivity index (χ1v) is 12.9. The number of ketones is 1. The molecule has 2 heterocycles. The molecule has 0 saturated carbocycles. The van der Waals surface area contributed by atoms with Crippen LogP contribution in [0.3, 0.4) is 0 Å². The van der Waals surface area contributed by atoms with Crippen LogP contribution in [-0.2, 0) is 9.59 Å². The third kappa shape index (κ3) is 6.79. The van der Waals surface area contributed by atoms with Crippen molar-refractivity contribution in [1.82, 2.24) is 4.90 Å². The Labute approximate surface area is 231 Å². The molecule has 1 atom stereocenters. The van der Waals surface area contributed by atoms with Crippen LogP contribution in [0.5, 0.6) is 23.0 Å². The van der Waals surface area contributed by atoms with Gasteiger partial charge in [0.1, 0.15) is 35.7 Å². The Morgan fingerprint density at radius 2 is 1.70 bits per heavy atom. The highest BCUT2D eigenvalue weighted by Gasteiger charge is 2.30. The molecule has 0 aromatic heterocycles. The molecular weight excluding hydrogens is 517 g/mol. The Bertz CT molecular complexity index is 1390. The van der Waals surface area contributed by atoms with E-state index >= 15 is 0 Å². The van der Waals surface area contributed by atoms with E-state index in [-0.39, 0.29) is 30.2 Å². The lowest BCUT2D eigenvalue weighted by Crippen LogP contribution is -2.49. The van der Waals surface area contributed by atoms with Crippen molar-refractivity contribution in [3.8, 4) is 23.0 Å². The highest BCUT2D eigenvalue weighted by Crippen LogP contribution is 2.47. The summed E-state index contributed by atoms with van der Waals surface area (Å²) in [6.45, 7) is 5.73. The summed E-state index contributed by atoms with van der Waals surface area (Å²) in [7, 11) is 0. The first-order chi connectivity index (χ1) is 19.2. The molecule has 0 bridgehead atoms. The minimum atomic E-state index is -1.38. The number of allylic oxidation sites excluding steroid dienone is 1. The van der Waals surface area contributed by atoms with Crippen LogP contribution in [0, 0.1) is 5.92 Å². The van der Waals surface area contributed by atoms with Crippen LogP contribution in [0.1, 0.15) is 36.6 Å². The van der Waals surface area contributed by atoms with Crippen molar-refractivity contribution in [2.45, 2.75) is 20.0 Å². The van der Waals surface area contributed by atoms with Crippen molar-refractivity contribution >= 4 is 22.9 Å². The number of phenolic OH excluding ortho intramolecular Hbond substituents is 2. The number of ether oxygens (including phenoxy) is 2. The number of hydrogen-bond acceptors (Lipinski definition) is 7. The Balaban J connectivity index is 0.000000557. The number of carboxylic acids is 1. The number of hydrogen-bond donors (Lipinski definition) is 3. The smallest absolute Gasteiger partial charge is 0.371 e. The molecule has 0 unspecified atom stereocenters. The van der Waals surface area contributed by atoms with Crippen molar-refractivity contribution in [1.29, 1.82) is 0 Å². The summed E-state index contributed by atoms with van der Waals surface area (Å²) in [6.07, 6.45) is -0.383. The largest absolute Gasteiger partial charge is 0.508 e. The number of halogens is 1. The van der Waals surface area contributed by atoms with Crippen LogP contribution >= 0.6 is 0 Å². The fourth-order valence-corrected chi connectivity index (χ4v) is 4.71. The van der Waals surface area contributed by atoms with Crippen LogP contribution < -0.4 is 9.47 Å². The average molecular weight is 550 g/mol. The molecule has 3 aromatic rings. The van der Waals surface area contributed by atoms with Gasteiger partial charge in [0, 0.05) is 43.6 Å². The molecule has 3 N–H and O–H groups in total. The van der Waals surface area contributed by atoms with Gasteiger partial charge in [0.25, 0.3) is 0 Å². The van der Waals surface area contributed by atoms with Crippen molar-refractivity contribution in [2.24, 2.45) is 5.92 Å². The number of Topliss-reactive ketones (excluding diaryl/α,β-unsaturated/α-hetero) is 1. The van der Waals surface area contributed by atoms with Crippen LogP contribution in [0.2, 0.25) is 0 Å². The van der Waals surface area contributed by atoms with E-state index in [4.69, 9.17) is 14.6 Å². The number of rotatable bonds is 8. The molecule has 8 nitrogen and oxygen atoms in total. The first kappa shape index (κ1) is 28.6. The zero-order valence-electron chi connectivity index (χ0n) is 22.3. The van der Waals surface area contributed by atoms with E-state index in [1.807, 2.05) is 43.3 Å². The lowest BCUT2D eigenvalue weighted by molar-refractivity contribution is -0.148. The van der Waals surface area contributed by atoms with Crippen molar-refractivity contribution in [3.05, 3.63) is 83.4 Å². The molecule has 9 heteroatoms. The zero-order valence-corrected chi connectivity index (χ0v) is 22.3. The SMILES string of the molecule is CC(=O)C(=O)O.CC1=C(c2cccc(O)c2)[C@@H](c2ccc(OCCN3CC(CF)C3)cc2)Oc2ccc(O)cc21. The number of aliphatic carboxylic acids is 1.